The van der Waals surface area contributed by atoms with Gasteiger partial charge in [0, 0.05) is 13.0 Å². The fourth-order valence-electron chi connectivity index (χ4n) is 4.46. The third-order valence-corrected chi connectivity index (χ3v) is 12.1. The number of carboxylic acid groups (broad SMARTS) is 1. The Morgan fingerprint density at radius 1 is 1.00 bits per heavy atom. The minimum Gasteiger partial charge on any atom is -0.488 e. The minimum atomic E-state index is -4.22. The topological polar surface area (TPSA) is 147 Å². The number of hydrogen-bond acceptors (Lipinski definition) is 8. The minimum absolute atomic E-state index is 0.0119. The molecule has 2 heterocycles. The zero-order chi connectivity index (χ0) is 30.0. The van der Waals surface area contributed by atoms with Crippen molar-refractivity contribution in [3.05, 3.63) is 72.3 Å². The van der Waals surface area contributed by atoms with E-state index < -0.39 is 49.4 Å². The Balaban J connectivity index is 1.48. The number of sulfone groups is 1. The molecule has 0 saturated carbocycles. The molecule has 1 amide bonds. The summed E-state index contributed by atoms with van der Waals surface area (Å²) in [6.45, 7) is 5.78. The summed E-state index contributed by atoms with van der Waals surface area (Å²) in [5.74, 6) is -1.35. The first kappa shape index (κ1) is 30.7. The molecular weight excluding hydrogens is 589 g/mol. The van der Waals surface area contributed by atoms with Crippen molar-refractivity contribution in [2.24, 2.45) is 0 Å². The highest BCUT2D eigenvalue weighted by Crippen LogP contribution is 2.34. The third-order valence-electron chi connectivity index (χ3n) is 6.35. The number of hydrogen-bond donors (Lipinski definition) is 2. The van der Waals surface area contributed by atoms with Gasteiger partial charge in [-0.05, 0) is 75.6 Å². The molecule has 1 aliphatic heterocycles. The molecule has 0 bridgehead atoms. The van der Waals surface area contributed by atoms with Gasteiger partial charge in [0.2, 0.25) is 15.7 Å². The predicted molar refractivity (Wildman–Crippen MR) is 153 cm³/mol. The zero-order valence-electron chi connectivity index (χ0n) is 22.8. The third kappa shape index (κ3) is 7.15. The Bertz CT molecular complexity index is 1610. The molecule has 0 radical (unpaired) electrons. The molecule has 1 aliphatic rings. The van der Waals surface area contributed by atoms with Gasteiger partial charge in [-0.1, -0.05) is 30.3 Å². The molecule has 0 unspecified atom stereocenters. The van der Waals surface area contributed by atoms with Crippen LogP contribution in [-0.2, 0) is 35.9 Å². The van der Waals surface area contributed by atoms with Crippen LogP contribution in [0, 0.1) is 0 Å². The molecule has 220 valence electrons. The van der Waals surface area contributed by atoms with E-state index in [0.717, 1.165) is 4.31 Å². The molecule has 0 spiro atoms. The van der Waals surface area contributed by atoms with Crippen molar-refractivity contribution >= 4 is 43.1 Å². The molecule has 3 aromatic rings. The van der Waals surface area contributed by atoms with E-state index in [1.54, 1.807) is 42.5 Å². The van der Waals surface area contributed by atoms with Gasteiger partial charge in [0.25, 0.3) is 10.0 Å². The molecule has 2 aromatic carbocycles. The number of sulfonamides is 1. The van der Waals surface area contributed by atoms with Crippen molar-refractivity contribution in [2.75, 3.05) is 6.54 Å². The first-order valence-corrected chi connectivity index (χ1v) is 16.7. The number of carboxylic acids is 1. The number of carbonyl (C=O) groups is 2. The van der Waals surface area contributed by atoms with Gasteiger partial charge >= 0.3 is 5.97 Å². The van der Waals surface area contributed by atoms with E-state index in [4.69, 9.17) is 4.74 Å². The summed E-state index contributed by atoms with van der Waals surface area (Å²) in [5, 5.41) is 12.3. The van der Waals surface area contributed by atoms with E-state index in [2.05, 4.69) is 5.32 Å². The maximum absolute atomic E-state index is 13.5. The quantitative estimate of drug-likeness (QED) is 0.349. The van der Waals surface area contributed by atoms with Crippen LogP contribution in [0.4, 0.5) is 0 Å². The second kappa shape index (κ2) is 11.9. The fourth-order valence-corrected chi connectivity index (χ4v) is 9.43. The Labute approximate surface area is 243 Å². The molecule has 1 aromatic heterocycles. The van der Waals surface area contributed by atoms with Crippen LogP contribution in [0.2, 0.25) is 0 Å². The largest absolute Gasteiger partial charge is 0.488 e. The van der Waals surface area contributed by atoms with E-state index in [-0.39, 0.29) is 32.7 Å². The van der Waals surface area contributed by atoms with Crippen LogP contribution in [0.1, 0.15) is 39.2 Å². The summed E-state index contributed by atoms with van der Waals surface area (Å²) in [6, 6.07) is 14.6. The number of rotatable bonds is 10. The Hall–Kier alpha value is -3.26. The van der Waals surface area contributed by atoms with Crippen molar-refractivity contribution in [2.45, 2.75) is 71.0 Å². The normalized spacial score (nSPS) is 17.2. The maximum Gasteiger partial charge on any atom is 0.326 e. The van der Waals surface area contributed by atoms with E-state index in [9.17, 15) is 31.5 Å². The van der Waals surface area contributed by atoms with Crippen LogP contribution >= 0.6 is 11.3 Å². The van der Waals surface area contributed by atoms with E-state index in [1.165, 1.54) is 24.3 Å². The first-order valence-electron chi connectivity index (χ1n) is 12.9. The van der Waals surface area contributed by atoms with Gasteiger partial charge in [-0.15, -0.1) is 11.3 Å². The van der Waals surface area contributed by atoms with Crippen LogP contribution in [0.3, 0.4) is 0 Å². The van der Waals surface area contributed by atoms with Crippen LogP contribution < -0.4 is 10.1 Å². The maximum atomic E-state index is 13.5. The van der Waals surface area contributed by atoms with E-state index in [0.29, 0.717) is 29.1 Å². The van der Waals surface area contributed by atoms with Crippen molar-refractivity contribution < 1.29 is 36.3 Å². The molecule has 2 atom stereocenters. The highest BCUT2D eigenvalue weighted by Gasteiger charge is 2.41. The van der Waals surface area contributed by atoms with E-state index >= 15 is 0 Å². The number of thiophene rings is 1. The average molecular weight is 621 g/mol. The zero-order valence-corrected chi connectivity index (χ0v) is 25.3. The first-order chi connectivity index (χ1) is 19.2. The lowest BCUT2D eigenvalue weighted by Crippen LogP contribution is -2.51. The molecule has 1 saturated heterocycles. The SMILES string of the molecule is CC(C)(C)Oc1ccc(C[C@H](NC(=O)[C@@H]2CCCN2S(=O)(=O)c2ccc(S(=O)(=O)c3ccccc3)s2)C(=O)O)cc1. The van der Waals surface area contributed by atoms with Gasteiger partial charge in [0.05, 0.1) is 4.90 Å². The Morgan fingerprint density at radius 2 is 1.63 bits per heavy atom. The lowest BCUT2D eigenvalue weighted by atomic mass is 10.0. The van der Waals surface area contributed by atoms with Crippen LogP contribution in [0.25, 0.3) is 0 Å². The molecule has 1 fully saturated rings. The predicted octanol–water partition coefficient (Wildman–Crippen LogP) is 3.72. The summed E-state index contributed by atoms with van der Waals surface area (Å²) in [6.07, 6.45) is 0.587. The number of amides is 1. The standard InChI is InChI=1S/C28H32N2O8S3/c1-28(2,3)38-20-13-11-19(12-14-20)18-22(27(32)33)29-26(31)23-10-7-17-30(23)41(36,37)25-16-15-24(39-25)40(34,35)21-8-5-4-6-9-21/h4-6,8-9,11-16,22-23H,7,10,17-18H2,1-3H3,(H,29,31)(H,32,33)/t22-,23-/m0/s1. The second-order valence-corrected chi connectivity index (χ2v) is 16.0. The Morgan fingerprint density at radius 3 is 2.24 bits per heavy atom. The number of nitrogens with one attached hydrogen (secondary N) is 1. The van der Waals surface area contributed by atoms with Crippen molar-refractivity contribution in [1.29, 1.82) is 0 Å². The second-order valence-electron chi connectivity index (χ2n) is 10.6. The highest BCUT2D eigenvalue weighted by molar-refractivity contribution is 7.95. The lowest BCUT2D eigenvalue weighted by Gasteiger charge is -2.24. The lowest BCUT2D eigenvalue weighted by molar-refractivity contribution is -0.142. The highest BCUT2D eigenvalue weighted by atomic mass is 32.3. The number of nitrogens with zero attached hydrogens (tertiary/aromatic N) is 1. The van der Waals surface area contributed by atoms with Gasteiger partial charge in [-0.3, -0.25) is 4.79 Å². The van der Waals surface area contributed by atoms with Crippen LogP contribution in [-0.4, -0.2) is 62.4 Å². The average Bonchev–Trinajstić information content (AvgIpc) is 3.61. The van der Waals surface area contributed by atoms with E-state index in [1.807, 2.05) is 20.8 Å². The van der Waals surface area contributed by atoms with Gasteiger partial charge < -0.3 is 15.2 Å². The van der Waals surface area contributed by atoms with Gasteiger partial charge in [-0.2, -0.15) is 4.31 Å². The van der Waals surface area contributed by atoms with Gasteiger partial charge in [-0.25, -0.2) is 21.6 Å². The Kier molecular flexibility index (Phi) is 8.93. The number of ether oxygens (including phenoxy) is 1. The van der Waals surface area contributed by atoms with Crippen molar-refractivity contribution in [3.8, 4) is 5.75 Å². The van der Waals surface area contributed by atoms with Gasteiger partial charge in [0.15, 0.2) is 0 Å². The monoisotopic (exact) mass is 620 g/mol. The molecule has 10 nitrogen and oxygen atoms in total. The summed E-state index contributed by atoms with van der Waals surface area (Å²) >= 11 is 0.613. The number of carbonyl (C=O) groups excluding carboxylic acids is 1. The molecule has 4 rings (SSSR count). The summed E-state index contributed by atoms with van der Waals surface area (Å²) in [5.41, 5.74) is 0.258. The molecule has 41 heavy (non-hydrogen) atoms. The number of aliphatic carboxylic acids is 1. The summed E-state index contributed by atoms with van der Waals surface area (Å²) in [4.78, 5) is 25.2. The van der Waals surface area contributed by atoms with Gasteiger partial charge in [0.1, 0.15) is 31.9 Å². The number of benzene rings is 2. The van der Waals surface area contributed by atoms with Crippen LogP contribution in [0.5, 0.6) is 5.75 Å². The smallest absolute Gasteiger partial charge is 0.326 e. The fraction of sp³-hybridized carbons (Fsp3) is 0.357. The summed E-state index contributed by atoms with van der Waals surface area (Å²) in [7, 11) is -8.14. The molecule has 0 aliphatic carbocycles. The summed E-state index contributed by atoms with van der Waals surface area (Å²) < 4.78 is 59.4. The van der Waals surface area contributed by atoms with Crippen molar-refractivity contribution in [3.63, 3.8) is 0 Å². The molecule has 2 N–H and O–H groups in total. The van der Waals surface area contributed by atoms with Crippen molar-refractivity contribution in [1.82, 2.24) is 9.62 Å². The molecule has 13 heteroatoms. The molecular formula is C28H32N2O8S3. The van der Waals surface area contributed by atoms with Crippen LogP contribution in [0.15, 0.2) is 80.0 Å².